The number of halogens is 4. The molecule has 156 valence electrons. The van der Waals surface area contributed by atoms with Crippen LogP contribution in [0.2, 0.25) is 5.15 Å². The Labute approximate surface area is 174 Å². The molecule has 0 aliphatic heterocycles. The first-order valence-electron chi connectivity index (χ1n) is 8.68. The molecule has 3 rings (SSSR count). The summed E-state index contributed by atoms with van der Waals surface area (Å²) in [7, 11) is 0. The van der Waals surface area contributed by atoms with Crippen molar-refractivity contribution in [2.45, 2.75) is 13.1 Å². The average Bonchev–Trinajstić information content (AvgIpc) is 2.99. The van der Waals surface area contributed by atoms with E-state index >= 15 is 0 Å². The van der Waals surface area contributed by atoms with Gasteiger partial charge in [0.05, 0.1) is 28.7 Å². The van der Waals surface area contributed by atoms with Crippen LogP contribution in [0.25, 0.3) is 5.69 Å². The maximum atomic E-state index is 12.7. The lowest BCUT2D eigenvalue weighted by Crippen LogP contribution is -2.17. The first-order valence-corrected chi connectivity index (χ1v) is 9.06. The van der Waals surface area contributed by atoms with Crippen molar-refractivity contribution in [3.63, 3.8) is 0 Å². The minimum atomic E-state index is -4.50. The summed E-state index contributed by atoms with van der Waals surface area (Å²) in [4.78, 5) is 16.8. The lowest BCUT2D eigenvalue weighted by molar-refractivity contribution is -0.137. The summed E-state index contributed by atoms with van der Waals surface area (Å²) in [6.45, 7) is 1.25. The van der Waals surface area contributed by atoms with Gasteiger partial charge in [0.25, 0.3) is 5.91 Å². The monoisotopic (exact) mass is 436 g/mol. The van der Waals surface area contributed by atoms with Gasteiger partial charge in [-0.05, 0) is 37.3 Å². The van der Waals surface area contributed by atoms with Gasteiger partial charge in [-0.3, -0.25) is 4.79 Å². The fourth-order valence-corrected chi connectivity index (χ4v) is 2.88. The number of aromatic nitrogens is 2. The van der Waals surface area contributed by atoms with E-state index in [2.05, 4.69) is 15.6 Å². The molecule has 0 aliphatic carbocycles. The maximum Gasteiger partial charge on any atom is 0.416 e. The van der Waals surface area contributed by atoms with E-state index in [-0.39, 0.29) is 5.69 Å². The molecule has 0 radical (unpaired) electrons. The second kappa shape index (κ2) is 9.00. The molecule has 1 heterocycles. The highest BCUT2D eigenvalue weighted by Gasteiger charge is 2.30. The molecule has 2 aromatic carbocycles. The molecule has 0 saturated carbocycles. The van der Waals surface area contributed by atoms with Crippen molar-refractivity contribution in [1.29, 1.82) is 0 Å². The number of oxime groups is 1. The van der Waals surface area contributed by atoms with Gasteiger partial charge in [0.2, 0.25) is 0 Å². The molecule has 0 fully saturated rings. The predicted molar refractivity (Wildman–Crippen MR) is 107 cm³/mol. The number of para-hydroxylation sites is 1. The first-order chi connectivity index (χ1) is 14.3. The summed E-state index contributed by atoms with van der Waals surface area (Å²) in [6, 6.07) is 13.5. The van der Waals surface area contributed by atoms with Gasteiger partial charge in [-0.15, -0.1) is 0 Å². The van der Waals surface area contributed by atoms with Crippen LogP contribution in [0.5, 0.6) is 0 Å². The van der Waals surface area contributed by atoms with Crippen LogP contribution in [0.4, 0.5) is 18.9 Å². The Bertz CT molecular complexity index is 1070. The van der Waals surface area contributed by atoms with Crippen LogP contribution in [0.3, 0.4) is 0 Å². The van der Waals surface area contributed by atoms with E-state index in [1.165, 1.54) is 18.3 Å². The van der Waals surface area contributed by atoms with Crippen molar-refractivity contribution in [2.75, 3.05) is 11.9 Å². The molecule has 0 aliphatic rings. The SMILES string of the molecule is Cc1nn(-c2ccccc2)c(Cl)c1C=NOCC(=O)Nc1cccc(C(F)(F)F)c1. The lowest BCUT2D eigenvalue weighted by Gasteiger charge is -2.09. The number of anilines is 1. The number of hydrogen-bond acceptors (Lipinski definition) is 4. The molecule has 1 amide bonds. The third-order valence-corrected chi connectivity index (χ3v) is 4.34. The third kappa shape index (κ3) is 5.18. The molecule has 30 heavy (non-hydrogen) atoms. The number of rotatable bonds is 6. The molecule has 0 bridgehead atoms. The number of amides is 1. The molecule has 1 N–H and O–H groups in total. The van der Waals surface area contributed by atoms with E-state index in [4.69, 9.17) is 16.4 Å². The molecule has 6 nitrogen and oxygen atoms in total. The number of nitrogens with zero attached hydrogens (tertiary/aromatic N) is 3. The predicted octanol–water partition coefficient (Wildman–Crippen LogP) is 4.84. The Hall–Kier alpha value is -3.33. The van der Waals surface area contributed by atoms with Crippen LogP contribution in [0, 0.1) is 6.92 Å². The highest BCUT2D eigenvalue weighted by atomic mass is 35.5. The van der Waals surface area contributed by atoms with E-state index in [0.717, 1.165) is 17.8 Å². The number of aryl methyl sites for hydroxylation is 1. The van der Waals surface area contributed by atoms with Crippen molar-refractivity contribution in [3.05, 3.63) is 76.6 Å². The maximum absolute atomic E-state index is 12.7. The topological polar surface area (TPSA) is 68.5 Å². The lowest BCUT2D eigenvalue weighted by atomic mass is 10.2. The Morgan fingerprint density at radius 2 is 1.97 bits per heavy atom. The Morgan fingerprint density at radius 1 is 1.23 bits per heavy atom. The summed E-state index contributed by atoms with van der Waals surface area (Å²) in [5, 5.41) is 10.7. The summed E-state index contributed by atoms with van der Waals surface area (Å²) >= 11 is 6.35. The molecule has 1 aromatic heterocycles. The first kappa shape index (κ1) is 21.4. The third-order valence-electron chi connectivity index (χ3n) is 3.97. The minimum Gasteiger partial charge on any atom is -0.386 e. The van der Waals surface area contributed by atoms with E-state index in [9.17, 15) is 18.0 Å². The van der Waals surface area contributed by atoms with E-state index in [1.807, 2.05) is 30.3 Å². The van der Waals surface area contributed by atoms with Crippen LogP contribution >= 0.6 is 11.6 Å². The second-order valence-corrected chi connectivity index (χ2v) is 6.53. The smallest absolute Gasteiger partial charge is 0.386 e. The van der Waals surface area contributed by atoms with Crippen LogP contribution in [0.15, 0.2) is 59.8 Å². The highest BCUT2D eigenvalue weighted by molar-refractivity contribution is 6.32. The Morgan fingerprint density at radius 3 is 2.67 bits per heavy atom. The van der Waals surface area contributed by atoms with Gasteiger partial charge in [0.15, 0.2) is 6.61 Å². The van der Waals surface area contributed by atoms with E-state index < -0.39 is 24.3 Å². The fraction of sp³-hybridized carbons (Fsp3) is 0.150. The molecular formula is C20H16ClF3N4O2. The van der Waals surface area contributed by atoms with Crippen LogP contribution < -0.4 is 5.32 Å². The van der Waals surface area contributed by atoms with Gasteiger partial charge in [0, 0.05) is 5.69 Å². The number of hydrogen-bond donors (Lipinski definition) is 1. The minimum absolute atomic E-state index is 0.00503. The van der Waals surface area contributed by atoms with Crippen molar-refractivity contribution in [3.8, 4) is 5.69 Å². The van der Waals surface area contributed by atoms with Gasteiger partial charge in [-0.2, -0.15) is 18.3 Å². The zero-order valence-electron chi connectivity index (χ0n) is 15.7. The van der Waals surface area contributed by atoms with Crippen molar-refractivity contribution >= 4 is 29.4 Å². The summed E-state index contributed by atoms with van der Waals surface area (Å²) < 4.78 is 39.7. The van der Waals surface area contributed by atoms with Crippen molar-refractivity contribution in [2.24, 2.45) is 5.16 Å². The van der Waals surface area contributed by atoms with Gasteiger partial charge in [-0.25, -0.2) is 4.68 Å². The summed E-state index contributed by atoms with van der Waals surface area (Å²) in [5.74, 6) is -0.658. The highest BCUT2D eigenvalue weighted by Crippen LogP contribution is 2.30. The molecule has 0 atom stereocenters. The largest absolute Gasteiger partial charge is 0.416 e. The van der Waals surface area contributed by atoms with Crippen molar-refractivity contribution < 1.29 is 22.8 Å². The normalized spacial score (nSPS) is 11.6. The summed E-state index contributed by atoms with van der Waals surface area (Å²) in [5.41, 5.74) is 1.03. The fourth-order valence-electron chi connectivity index (χ4n) is 2.55. The quantitative estimate of drug-likeness (QED) is 0.444. The van der Waals surface area contributed by atoms with Gasteiger partial charge in [0.1, 0.15) is 5.15 Å². The zero-order valence-corrected chi connectivity index (χ0v) is 16.4. The number of carbonyl (C=O) groups is 1. The van der Waals surface area contributed by atoms with Gasteiger partial charge >= 0.3 is 6.18 Å². The zero-order chi connectivity index (χ0) is 21.7. The molecule has 0 saturated heterocycles. The molecule has 3 aromatic rings. The number of carbonyl (C=O) groups excluding carboxylic acids is 1. The Balaban J connectivity index is 1.59. The summed E-state index contributed by atoms with van der Waals surface area (Å²) in [6.07, 6.45) is -3.18. The molecule has 0 spiro atoms. The van der Waals surface area contributed by atoms with Crippen molar-refractivity contribution in [1.82, 2.24) is 9.78 Å². The van der Waals surface area contributed by atoms with Crippen LogP contribution in [0.1, 0.15) is 16.8 Å². The van der Waals surface area contributed by atoms with Gasteiger partial charge in [-0.1, -0.05) is 41.0 Å². The number of alkyl halides is 3. The molecule has 10 heteroatoms. The standard InChI is InChI=1S/C20H16ClF3N4O2/c1-13-17(19(21)28(27-13)16-8-3-2-4-9-16)11-25-30-12-18(29)26-15-7-5-6-14(10-15)20(22,23)24/h2-11H,12H2,1H3,(H,26,29). The average molecular weight is 437 g/mol. The number of benzene rings is 2. The van der Waals surface area contributed by atoms with Gasteiger partial charge < -0.3 is 10.2 Å². The van der Waals surface area contributed by atoms with E-state index in [1.54, 1.807) is 11.6 Å². The van der Waals surface area contributed by atoms with E-state index in [0.29, 0.717) is 16.4 Å². The second-order valence-electron chi connectivity index (χ2n) is 6.17. The van der Waals surface area contributed by atoms with Crippen LogP contribution in [-0.2, 0) is 15.8 Å². The molecular weight excluding hydrogens is 421 g/mol. The Kier molecular flexibility index (Phi) is 6.41. The van der Waals surface area contributed by atoms with Crippen LogP contribution in [-0.4, -0.2) is 28.5 Å². The molecule has 0 unspecified atom stereocenters. The number of nitrogens with one attached hydrogen (secondary N) is 1.